The van der Waals surface area contributed by atoms with Crippen molar-refractivity contribution in [2.24, 2.45) is 0 Å². The minimum absolute atomic E-state index is 0. The van der Waals surface area contributed by atoms with Gasteiger partial charge in [0, 0.05) is 32.6 Å². The Morgan fingerprint density at radius 1 is 1.30 bits per heavy atom. The van der Waals surface area contributed by atoms with Crippen LogP contribution in [0.1, 0.15) is 29.3 Å². The van der Waals surface area contributed by atoms with E-state index >= 15 is 0 Å². The number of likely N-dealkylation sites (tertiary alicyclic amines) is 1. The van der Waals surface area contributed by atoms with Gasteiger partial charge in [0.15, 0.2) is 0 Å². The van der Waals surface area contributed by atoms with Gasteiger partial charge in [0.2, 0.25) is 5.91 Å². The summed E-state index contributed by atoms with van der Waals surface area (Å²) in [5.41, 5.74) is 2.74. The quantitative estimate of drug-likeness (QED) is 0.173. The van der Waals surface area contributed by atoms with Gasteiger partial charge in [-0.25, -0.2) is 0 Å². The summed E-state index contributed by atoms with van der Waals surface area (Å²) >= 11 is 4.49. The van der Waals surface area contributed by atoms with Crippen molar-refractivity contribution < 1.29 is 88.8 Å². The first-order chi connectivity index (χ1) is 12.3. The molecule has 9 heteroatoms. The van der Waals surface area contributed by atoms with Gasteiger partial charge in [-0.3, -0.25) is 4.79 Å². The monoisotopic (exact) mass is 672 g/mol. The summed E-state index contributed by atoms with van der Waals surface area (Å²) in [4.78, 5) is 27.4. The van der Waals surface area contributed by atoms with Crippen molar-refractivity contribution in [2.45, 2.75) is 24.3 Å². The van der Waals surface area contributed by atoms with Crippen LogP contribution in [0.15, 0.2) is 30.3 Å². The third-order valence-electron chi connectivity index (χ3n) is 4.40. The predicted molar refractivity (Wildman–Crippen MR) is 120 cm³/mol. The largest absolute Gasteiger partial charge is 2.00 e. The maximum atomic E-state index is 12.5. The van der Waals surface area contributed by atoms with Crippen molar-refractivity contribution in [3.63, 3.8) is 0 Å². The van der Waals surface area contributed by atoms with Crippen LogP contribution < -0.4 is 63.5 Å². The molecule has 1 heterocycles. The topological polar surface area (TPSA) is 76.5 Å². The Kier molecular flexibility index (Phi) is 19.3. The number of nitrogens with one attached hydrogen (secondary N) is 2. The van der Waals surface area contributed by atoms with E-state index in [0.717, 1.165) is 23.2 Å². The van der Waals surface area contributed by atoms with Crippen LogP contribution >= 0.6 is 12.6 Å². The molecule has 0 spiro atoms. The number of carbonyl (C=O) groups excluding carboxylic acids is 2. The molecular formula is C21H31N4O2RbSW. The average Bonchev–Trinajstić information content (AvgIpc) is 3.09. The normalized spacial score (nSPS) is 15.9. The van der Waals surface area contributed by atoms with E-state index in [2.05, 4.69) is 24.9 Å². The van der Waals surface area contributed by atoms with Gasteiger partial charge in [0.1, 0.15) is 6.04 Å². The zero-order valence-corrected chi connectivity index (χ0v) is 27.3. The van der Waals surface area contributed by atoms with E-state index in [1.807, 2.05) is 43.3 Å². The van der Waals surface area contributed by atoms with Crippen molar-refractivity contribution in [3.05, 3.63) is 63.2 Å². The maximum Gasteiger partial charge on any atom is 2.00 e. The Morgan fingerprint density at radius 3 is 2.33 bits per heavy atom. The number of thiol groups is 1. The van der Waals surface area contributed by atoms with Crippen LogP contribution in [0.3, 0.4) is 0 Å². The molecule has 0 aromatic heterocycles. The van der Waals surface area contributed by atoms with Gasteiger partial charge < -0.3 is 47.1 Å². The molecule has 2 rings (SSSR count). The zero-order valence-electron chi connectivity index (χ0n) is 18.5. The third kappa shape index (κ3) is 9.29. The second-order valence-electron chi connectivity index (χ2n) is 6.39. The first-order valence-corrected chi connectivity index (χ1v) is 8.96. The average molecular weight is 673 g/mol. The van der Waals surface area contributed by atoms with E-state index in [9.17, 15) is 9.59 Å². The third-order valence-corrected chi connectivity index (χ3v) is 4.83. The maximum absolute atomic E-state index is 12.5. The molecule has 2 atom stereocenters. The van der Waals surface area contributed by atoms with E-state index in [-0.39, 0.29) is 106 Å². The van der Waals surface area contributed by atoms with Gasteiger partial charge in [0.05, 0.1) is 11.3 Å². The second kappa shape index (κ2) is 16.7. The summed E-state index contributed by atoms with van der Waals surface area (Å²) in [6, 6.07) is 7.19. The van der Waals surface area contributed by atoms with Gasteiger partial charge >= 0.3 is 79.3 Å². The van der Waals surface area contributed by atoms with Gasteiger partial charge in [-0.2, -0.15) is 0 Å². The van der Waals surface area contributed by atoms with Crippen molar-refractivity contribution in [1.82, 2.24) is 15.1 Å². The number of hydrogen-bond donors (Lipinski definition) is 3. The van der Waals surface area contributed by atoms with Crippen LogP contribution in [0.5, 0.6) is 0 Å². The molecule has 160 valence electrons. The molecule has 6 nitrogen and oxygen atoms in total. The first kappa shape index (κ1) is 34.7. The van der Waals surface area contributed by atoms with Crippen LogP contribution in [0.2, 0.25) is 0 Å². The van der Waals surface area contributed by atoms with Crippen LogP contribution in [0, 0.1) is 27.2 Å². The van der Waals surface area contributed by atoms with Crippen LogP contribution in [-0.2, 0) is 30.7 Å². The molecule has 1 aliphatic heterocycles. The number of rotatable bonds is 6. The molecule has 1 aliphatic rings. The van der Waals surface area contributed by atoms with Crippen molar-refractivity contribution in [2.75, 3.05) is 20.6 Å². The molecule has 0 aliphatic carbocycles. The summed E-state index contributed by atoms with van der Waals surface area (Å²) in [7, 11) is 3.84. The number of nitrogens with zero attached hydrogens (tertiary/aromatic N) is 2. The molecule has 2 unspecified atom stereocenters. The molecular weight excluding hydrogens is 642 g/mol. The molecule has 0 radical (unpaired) electrons. The Labute approximate surface area is 250 Å². The zero-order chi connectivity index (χ0) is 19.3. The van der Waals surface area contributed by atoms with Gasteiger partial charge in [-0.15, -0.1) is 12.6 Å². The first-order valence-electron chi connectivity index (χ1n) is 8.44. The molecule has 0 saturated carbocycles. The Balaban J connectivity index is -0.00000182. The number of carbonyl (C=O) groups is 2. The van der Waals surface area contributed by atoms with E-state index in [4.69, 9.17) is 5.41 Å². The summed E-state index contributed by atoms with van der Waals surface area (Å²) in [5, 5.41) is 9.67. The number of hydrogen-bond acceptors (Lipinski definition) is 5. The Morgan fingerprint density at radius 2 is 1.87 bits per heavy atom. The molecule has 1 fully saturated rings. The van der Waals surface area contributed by atoms with E-state index in [1.54, 1.807) is 6.08 Å². The SMILES string of the molecule is [CH2-]C(=O)N1CCCC1C(=O)NC(S)c1ccc(/C(=C/C=N)N(C)C)cc1.[CH3-].[CH3-].[Rb+].[W+2]. The van der Waals surface area contributed by atoms with Gasteiger partial charge in [-0.1, -0.05) is 24.3 Å². The van der Waals surface area contributed by atoms with Gasteiger partial charge in [-0.05, 0) is 30.0 Å². The van der Waals surface area contributed by atoms with Crippen molar-refractivity contribution in [3.8, 4) is 0 Å². The second-order valence-corrected chi connectivity index (χ2v) is 6.91. The van der Waals surface area contributed by atoms with Crippen LogP contribution in [0.4, 0.5) is 0 Å². The van der Waals surface area contributed by atoms with Gasteiger partial charge in [0.25, 0.3) is 0 Å². The number of benzene rings is 1. The molecule has 2 N–H and O–H groups in total. The summed E-state index contributed by atoms with van der Waals surface area (Å²) < 4.78 is 0. The van der Waals surface area contributed by atoms with E-state index in [1.165, 1.54) is 11.1 Å². The molecule has 1 aromatic carbocycles. The summed E-state index contributed by atoms with van der Waals surface area (Å²) in [6.45, 7) is 3.98. The molecule has 0 bridgehead atoms. The Bertz CT molecular complexity index is 713. The fraction of sp³-hybridized carbons (Fsp3) is 0.333. The fourth-order valence-corrected chi connectivity index (χ4v) is 3.37. The van der Waals surface area contributed by atoms with Crippen LogP contribution in [-0.4, -0.2) is 54.5 Å². The van der Waals surface area contributed by atoms with E-state index in [0.29, 0.717) is 13.0 Å². The smallest absolute Gasteiger partial charge is 0.377 e. The number of amides is 2. The minimum atomic E-state index is -0.468. The molecule has 1 aromatic rings. The predicted octanol–water partition coefficient (Wildman–Crippen LogP) is 0.0104. The fourth-order valence-electron chi connectivity index (χ4n) is 3.07. The standard InChI is InChI=1S/C19H25N4O2S.2CH3.Rb.W/c1-13(24)23-12-4-5-17(23)18(25)21-19(26)15-8-6-14(7-9-15)16(10-11-20)22(2)3;;;;/h6-11,17,19-20,26H,1,4-5,12H2,2-3H3,(H,21,25);2*1H3;;/q3*-1;+1;+2/b16-10-,20-11?;;;;. The molecule has 1 saturated heterocycles. The Hall–Kier alpha value is 0.0835. The van der Waals surface area contributed by atoms with Crippen LogP contribution in [0.25, 0.3) is 5.70 Å². The molecule has 2 amide bonds. The minimum Gasteiger partial charge on any atom is -0.377 e. The van der Waals surface area contributed by atoms with Crippen molar-refractivity contribution in [1.29, 1.82) is 5.41 Å². The molecule has 30 heavy (non-hydrogen) atoms. The summed E-state index contributed by atoms with van der Waals surface area (Å²) in [6.07, 6.45) is 4.42. The van der Waals surface area contributed by atoms with Crippen molar-refractivity contribution >= 4 is 36.4 Å². The number of allylic oxidation sites excluding steroid dienone is 1. The van der Waals surface area contributed by atoms with E-state index < -0.39 is 11.4 Å². The summed E-state index contributed by atoms with van der Waals surface area (Å²) in [5.74, 6) is -0.529.